The summed E-state index contributed by atoms with van der Waals surface area (Å²) in [4.78, 5) is 63.8. The first-order valence-electron chi connectivity index (χ1n) is 17.8. The molecule has 3 fully saturated rings. The molecule has 52 heavy (non-hydrogen) atoms. The molecular weight excluding hydrogens is 662 g/mol. The summed E-state index contributed by atoms with van der Waals surface area (Å²) in [6.07, 6.45) is 8.53. The number of piperidine rings is 1. The summed E-state index contributed by atoms with van der Waals surface area (Å²) < 4.78 is 5.23. The van der Waals surface area contributed by atoms with Crippen LogP contribution in [0.15, 0.2) is 59.7 Å². The molecule has 0 spiro atoms. The van der Waals surface area contributed by atoms with Crippen LogP contribution in [0.2, 0.25) is 0 Å². The van der Waals surface area contributed by atoms with E-state index in [0.717, 1.165) is 80.5 Å². The first kappa shape index (κ1) is 33.3. The van der Waals surface area contributed by atoms with Crippen molar-refractivity contribution in [3.8, 4) is 6.07 Å². The van der Waals surface area contributed by atoms with Crippen molar-refractivity contribution in [1.82, 2.24) is 39.1 Å². The Morgan fingerprint density at radius 3 is 2.58 bits per heavy atom. The van der Waals surface area contributed by atoms with Crippen LogP contribution in [0, 0.1) is 17.2 Å². The number of imide groups is 1. The Balaban J connectivity index is 0.861. The Morgan fingerprint density at radius 1 is 1.02 bits per heavy atom. The molecule has 1 unspecified atom stereocenters. The van der Waals surface area contributed by atoms with E-state index >= 15 is 0 Å². The van der Waals surface area contributed by atoms with Crippen molar-refractivity contribution >= 4 is 51.2 Å². The summed E-state index contributed by atoms with van der Waals surface area (Å²) in [7, 11) is 1.75. The second kappa shape index (κ2) is 13.7. The zero-order valence-corrected chi connectivity index (χ0v) is 28.9. The largest absolute Gasteiger partial charge is 0.367 e. The Bertz CT molecular complexity index is 2300. The van der Waals surface area contributed by atoms with Crippen LogP contribution in [0.25, 0.3) is 21.9 Å². The highest BCUT2D eigenvalue weighted by Crippen LogP contribution is 2.34. The number of nitriles is 1. The number of imidazole rings is 1. The molecule has 1 aliphatic carbocycles. The van der Waals surface area contributed by atoms with Crippen molar-refractivity contribution in [3.63, 3.8) is 0 Å². The van der Waals surface area contributed by atoms with Gasteiger partial charge in [-0.1, -0.05) is 12.1 Å². The monoisotopic (exact) mass is 701 g/mol. The molecule has 4 aromatic heterocycles. The number of rotatable bonds is 7. The number of aromatic nitrogens is 6. The van der Waals surface area contributed by atoms with Crippen molar-refractivity contribution in [2.75, 3.05) is 42.9 Å². The standard InChI is InChI=1S/C37H39N11O4/c1-44-34-29(6-3-7-30(34)48(37(44)52)31-12-13-33(49)42-36(31)51)46-16-14-45(15-17-46)21-23-8-10-26(11-9-23)47-22-24-18-32(39-20-28(24)43-47)41-35(50)27-5-2-4-25(19-38)40-27/h2-7,18,20,22-23,26,31H,8-17,21H2,1H3,(H,41,50)(H,42,49,51). The molecule has 1 saturated carbocycles. The Morgan fingerprint density at radius 2 is 1.81 bits per heavy atom. The number of para-hydroxylation sites is 1. The molecule has 15 nitrogen and oxygen atoms in total. The average molecular weight is 702 g/mol. The number of benzene rings is 1. The van der Waals surface area contributed by atoms with E-state index in [9.17, 15) is 19.2 Å². The minimum absolute atomic E-state index is 0.153. The SMILES string of the molecule is Cn1c(=O)n(C2CCC(=O)NC2=O)c2cccc(N3CCN(CC4CCC(n5cc6cc(NC(=O)c7cccc(C#N)n7)ncc6n5)CC4)CC3)c21. The third-order valence-corrected chi connectivity index (χ3v) is 10.8. The lowest BCUT2D eigenvalue weighted by molar-refractivity contribution is -0.135. The van der Waals surface area contributed by atoms with E-state index in [1.165, 1.54) is 0 Å². The van der Waals surface area contributed by atoms with Crippen molar-refractivity contribution < 1.29 is 14.4 Å². The van der Waals surface area contributed by atoms with Crippen LogP contribution >= 0.6 is 0 Å². The van der Waals surface area contributed by atoms with Crippen LogP contribution in [-0.4, -0.2) is 84.2 Å². The zero-order chi connectivity index (χ0) is 35.9. The maximum atomic E-state index is 13.4. The first-order chi connectivity index (χ1) is 25.2. The van der Waals surface area contributed by atoms with E-state index < -0.39 is 17.9 Å². The van der Waals surface area contributed by atoms with Gasteiger partial charge in [0.15, 0.2) is 0 Å². The number of piperazine rings is 1. The van der Waals surface area contributed by atoms with Gasteiger partial charge >= 0.3 is 5.69 Å². The number of nitrogens with zero attached hydrogens (tertiary/aromatic N) is 9. The highest BCUT2D eigenvalue weighted by molar-refractivity contribution is 6.03. The maximum Gasteiger partial charge on any atom is 0.329 e. The number of pyridine rings is 2. The minimum Gasteiger partial charge on any atom is -0.367 e. The molecule has 15 heteroatoms. The molecule has 2 saturated heterocycles. The van der Waals surface area contributed by atoms with Gasteiger partial charge < -0.3 is 10.2 Å². The third-order valence-electron chi connectivity index (χ3n) is 10.8. The second-order valence-corrected chi connectivity index (χ2v) is 14.0. The number of hydrogen-bond acceptors (Lipinski definition) is 10. The van der Waals surface area contributed by atoms with Gasteiger partial charge in [0.2, 0.25) is 11.8 Å². The lowest BCUT2D eigenvalue weighted by Gasteiger charge is -2.39. The van der Waals surface area contributed by atoms with Gasteiger partial charge in [0, 0.05) is 57.8 Å². The summed E-state index contributed by atoms with van der Waals surface area (Å²) in [5.41, 5.74) is 3.36. The molecule has 6 heterocycles. The van der Waals surface area contributed by atoms with Gasteiger partial charge in [-0.3, -0.25) is 38.4 Å². The molecule has 1 aromatic carbocycles. The first-order valence-corrected chi connectivity index (χ1v) is 17.8. The molecule has 2 aliphatic heterocycles. The number of hydrogen-bond donors (Lipinski definition) is 2. The van der Waals surface area contributed by atoms with Crippen LogP contribution in [-0.2, 0) is 16.6 Å². The van der Waals surface area contributed by atoms with Crippen molar-refractivity contribution in [1.29, 1.82) is 5.26 Å². The van der Waals surface area contributed by atoms with E-state index in [-0.39, 0.29) is 29.4 Å². The molecule has 3 aliphatic rings. The summed E-state index contributed by atoms with van der Waals surface area (Å²) >= 11 is 0. The van der Waals surface area contributed by atoms with E-state index in [4.69, 9.17) is 10.4 Å². The summed E-state index contributed by atoms with van der Waals surface area (Å²) in [5.74, 6) is -0.148. The van der Waals surface area contributed by atoms with Crippen LogP contribution in [0.1, 0.15) is 66.8 Å². The predicted octanol–water partition coefficient (Wildman–Crippen LogP) is 3.13. The van der Waals surface area contributed by atoms with E-state index in [0.29, 0.717) is 29.7 Å². The topological polar surface area (TPSA) is 176 Å². The van der Waals surface area contributed by atoms with Gasteiger partial charge in [0.25, 0.3) is 5.91 Å². The highest BCUT2D eigenvalue weighted by atomic mass is 16.2. The normalized spacial score (nSPS) is 21.3. The number of nitrogens with one attached hydrogen (secondary N) is 2. The van der Waals surface area contributed by atoms with E-state index in [1.807, 2.05) is 41.2 Å². The van der Waals surface area contributed by atoms with Crippen molar-refractivity contribution in [2.45, 2.75) is 50.6 Å². The highest BCUT2D eigenvalue weighted by Gasteiger charge is 2.33. The van der Waals surface area contributed by atoms with Gasteiger partial charge in [-0.05, 0) is 68.4 Å². The van der Waals surface area contributed by atoms with Gasteiger partial charge in [0.05, 0.1) is 29.0 Å². The minimum atomic E-state index is -0.702. The number of anilines is 2. The number of carbonyl (C=O) groups is 3. The maximum absolute atomic E-state index is 13.4. The van der Waals surface area contributed by atoms with Gasteiger partial charge in [-0.25, -0.2) is 14.8 Å². The number of aryl methyl sites for hydroxylation is 1. The lowest BCUT2D eigenvalue weighted by Crippen LogP contribution is -2.48. The molecule has 1 atom stereocenters. The summed E-state index contributed by atoms with van der Waals surface area (Å²) in [6, 6.07) is 14.0. The van der Waals surface area contributed by atoms with Crippen LogP contribution in [0.4, 0.5) is 11.5 Å². The molecule has 0 radical (unpaired) electrons. The fourth-order valence-corrected chi connectivity index (χ4v) is 8.04. The summed E-state index contributed by atoms with van der Waals surface area (Å²) in [6.45, 7) is 4.58. The van der Waals surface area contributed by atoms with Crippen LogP contribution < -0.4 is 21.2 Å². The molecule has 8 rings (SSSR count). The van der Waals surface area contributed by atoms with Crippen LogP contribution in [0.5, 0.6) is 0 Å². The quantitative estimate of drug-likeness (QED) is 0.240. The fraction of sp³-hybridized carbons (Fsp3) is 0.405. The molecular formula is C37H39N11O4. The Hall–Kier alpha value is -5.88. The molecule has 5 aromatic rings. The fourth-order valence-electron chi connectivity index (χ4n) is 8.04. The molecule has 266 valence electrons. The third kappa shape index (κ3) is 6.30. The van der Waals surface area contributed by atoms with E-state index in [1.54, 1.807) is 40.6 Å². The Kier molecular flexibility index (Phi) is 8.76. The lowest BCUT2D eigenvalue weighted by atomic mass is 9.85. The number of fused-ring (bicyclic) bond motifs is 2. The van der Waals surface area contributed by atoms with Crippen LogP contribution in [0.3, 0.4) is 0 Å². The smallest absolute Gasteiger partial charge is 0.329 e. The van der Waals surface area contributed by atoms with Gasteiger partial charge in [-0.15, -0.1) is 0 Å². The van der Waals surface area contributed by atoms with Crippen molar-refractivity contribution in [2.24, 2.45) is 13.0 Å². The second-order valence-electron chi connectivity index (χ2n) is 14.0. The number of carbonyl (C=O) groups excluding carboxylic acids is 3. The molecule has 2 N–H and O–H groups in total. The number of amides is 3. The average Bonchev–Trinajstić information content (AvgIpc) is 3.70. The van der Waals surface area contributed by atoms with E-state index in [2.05, 4.69) is 30.4 Å². The molecule has 0 bridgehead atoms. The Labute approximate surface area is 298 Å². The predicted molar refractivity (Wildman–Crippen MR) is 193 cm³/mol. The van der Waals surface area contributed by atoms with Crippen molar-refractivity contribution in [3.05, 3.63) is 76.7 Å². The summed E-state index contributed by atoms with van der Waals surface area (Å²) in [5, 5.41) is 19.9. The molecule has 3 amide bonds. The van der Waals surface area contributed by atoms with Gasteiger partial charge in [-0.2, -0.15) is 10.4 Å². The van der Waals surface area contributed by atoms with Gasteiger partial charge in [0.1, 0.15) is 34.8 Å². The zero-order valence-electron chi connectivity index (χ0n) is 28.9.